The van der Waals surface area contributed by atoms with Crippen LogP contribution < -0.4 is 10.6 Å². The Morgan fingerprint density at radius 3 is 1.08 bits per heavy atom. The van der Waals surface area contributed by atoms with Gasteiger partial charge in [-0.05, 0) is 0 Å². The van der Waals surface area contributed by atoms with Crippen molar-refractivity contribution in [1.82, 2.24) is 10.6 Å². The quantitative estimate of drug-likeness (QED) is 0.0452. The first-order valence-corrected chi connectivity index (χ1v) is 13.1. The summed E-state index contributed by atoms with van der Waals surface area (Å²) in [4.78, 5) is 22.8. The zero-order valence-electron chi connectivity index (χ0n) is 19.0. The third-order valence-electron chi connectivity index (χ3n) is 4.95. The highest BCUT2D eigenvalue weighted by Crippen LogP contribution is 2.23. The van der Waals surface area contributed by atoms with E-state index in [1.54, 1.807) is 0 Å². The largest absolute Gasteiger partial charge is 0.480 e. The number of hydrogen-bond acceptors (Lipinski definition) is 16. The minimum Gasteiger partial charge on any atom is -0.480 e. The zero-order chi connectivity index (χ0) is 28.0. The highest BCUT2D eigenvalue weighted by molar-refractivity contribution is 8.76. The molecule has 14 N–H and O–H groups in total. The number of aliphatic carboxylic acids is 2. The molecule has 214 valence electrons. The van der Waals surface area contributed by atoms with E-state index in [-0.39, 0.29) is 11.5 Å². The first kappa shape index (κ1) is 35.2. The van der Waals surface area contributed by atoms with Crippen LogP contribution in [0, 0.1) is 0 Å². The molecule has 0 fully saturated rings. The van der Waals surface area contributed by atoms with Crippen molar-refractivity contribution in [1.29, 1.82) is 0 Å². The van der Waals surface area contributed by atoms with Crippen LogP contribution >= 0.6 is 21.6 Å². The molecule has 18 heteroatoms. The molecule has 0 saturated carbocycles. The summed E-state index contributed by atoms with van der Waals surface area (Å²) in [7, 11) is 1.91. The Morgan fingerprint density at radius 1 is 0.556 bits per heavy atom. The molecule has 0 heterocycles. The van der Waals surface area contributed by atoms with E-state index in [1.807, 2.05) is 0 Å². The van der Waals surface area contributed by atoms with Crippen LogP contribution in [0.2, 0.25) is 0 Å². The Hall–Kier alpha value is -0.840. The first-order chi connectivity index (χ1) is 16.8. The van der Waals surface area contributed by atoms with E-state index < -0.39 is 99.2 Å². The van der Waals surface area contributed by atoms with Gasteiger partial charge in [0, 0.05) is 24.6 Å². The molecule has 10 unspecified atom stereocenters. The summed E-state index contributed by atoms with van der Waals surface area (Å²) in [5, 5.41) is 118. The summed E-state index contributed by atoms with van der Waals surface area (Å²) in [6.45, 7) is -2.72. The van der Waals surface area contributed by atoms with Crippen molar-refractivity contribution in [2.24, 2.45) is 0 Å². The lowest BCUT2D eigenvalue weighted by Crippen LogP contribution is -2.51. The van der Waals surface area contributed by atoms with Crippen LogP contribution in [0.15, 0.2) is 0 Å². The van der Waals surface area contributed by atoms with E-state index in [0.29, 0.717) is 0 Å². The Morgan fingerprint density at radius 2 is 0.833 bits per heavy atom. The fourth-order valence-electron chi connectivity index (χ4n) is 2.56. The second kappa shape index (κ2) is 18.4. The van der Waals surface area contributed by atoms with Crippen LogP contribution in [0.1, 0.15) is 0 Å². The molecule has 0 spiro atoms. The minimum absolute atomic E-state index is 0.121. The Bertz CT molecular complexity index is 587. The number of carbonyl (C=O) groups is 2. The normalized spacial score (nSPS) is 20.4. The Kier molecular flexibility index (Phi) is 18.0. The maximum atomic E-state index is 11.4. The topological polar surface area (TPSA) is 301 Å². The number of hydrogen-bond donors (Lipinski definition) is 14. The molecular weight excluding hydrogens is 532 g/mol. The number of rotatable bonds is 21. The molecule has 0 rings (SSSR count). The monoisotopic (exact) mass is 568 g/mol. The van der Waals surface area contributed by atoms with E-state index in [2.05, 4.69) is 10.6 Å². The molecule has 0 aromatic rings. The SMILES string of the molecule is O=C(O)C(CSSCC(NCC(O)C(O)C(O)C(O)CO)C(=O)O)NCC(O)C(O)C(O)C(O)CO. The molecule has 0 amide bonds. The highest BCUT2D eigenvalue weighted by atomic mass is 33.1. The maximum absolute atomic E-state index is 11.4. The van der Waals surface area contributed by atoms with E-state index in [9.17, 15) is 60.7 Å². The average molecular weight is 569 g/mol. The molecule has 0 aliphatic rings. The number of nitrogens with one attached hydrogen (secondary N) is 2. The molecule has 0 saturated heterocycles. The Labute approximate surface area is 214 Å². The first-order valence-electron chi connectivity index (χ1n) is 10.6. The lowest BCUT2D eigenvalue weighted by molar-refractivity contribution is -0.140. The molecule has 10 atom stereocenters. The summed E-state index contributed by atoms with van der Waals surface area (Å²) >= 11 is 0. The molecule has 0 radical (unpaired) electrons. The van der Waals surface area contributed by atoms with E-state index in [0.717, 1.165) is 21.6 Å². The second-order valence-corrected chi connectivity index (χ2v) is 10.3. The van der Waals surface area contributed by atoms with Gasteiger partial charge in [-0.1, -0.05) is 21.6 Å². The maximum Gasteiger partial charge on any atom is 0.321 e. The van der Waals surface area contributed by atoms with Crippen molar-refractivity contribution in [3.63, 3.8) is 0 Å². The van der Waals surface area contributed by atoms with Crippen LogP contribution in [0.25, 0.3) is 0 Å². The minimum atomic E-state index is -1.87. The molecule has 0 aliphatic heterocycles. The Balaban J connectivity index is 4.61. The van der Waals surface area contributed by atoms with Gasteiger partial charge >= 0.3 is 11.9 Å². The van der Waals surface area contributed by atoms with Gasteiger partial charge in [0.15, 0.2) is 0 Å². The third kappa shape index (κ3) is 12.6. The fourth-order valence-corrected chi connectivity index (χ4v) is 4.94. The van der Waals surface area contributed by atoms with Gasteiger partial charge in [0.2, 0.25) is 0 Å². The van der Waals surface area contributed by atoms with Gasteiger partial charge < -0.3 is 71.9 Å². The second-order valence-electron chi connectivity index (χ2n) is 7.76. The van der Waals surface area contributed by atoms with Crippen LogP contribution in [-0.4, -0.2) is 172 Å². The summed E-state index contributed by atoms with van der Waals surface area (Å²) in [5.41, 5.74) is 0. The summed E-state index contributed by atoms with van der Waals surface area (Å²) in [6.07, 6.45) is -14.3. The van der Waals surface area contributed by atoms with Crippen LogP contribution in [0.4, 0.5) is 0 Å². The predicted molar refractivity (Wildman–Crippen MR) is 126 cm³/mol. The van der Waals surface area contributed by atoms with Gasteiger partial charge in [-0.2, -0.15) is 0 Å². The molecule has 0 aliphatic carbocycles. The van der Waals surface area contributed by atoms with Gasteiger partial charge in [0.05, 0.1) is 25.4 Å². The van der Waals surface area contributed by atoms with Crippen molar-refractivity contribution in [3.05, 3.63) is 0 Å². The zero-order valence-corrected chi connectivity index (χ0v) is 20.6. The van der Waals surface area contributed by atoms with Crippen LogP contribution in [-0.2, 0) is 9.59 Å². The molecule has 0 bridgehead atoms. The van der Waals surface area contributed by atoms with E-state index >= 15 is 0 Å². The van der Waals surface area contributed by atoms with Gasteiger partial charge in [0.1, 0.15) is 48.7 Å². The van der Waals surface area contributed by atoms with Crippen molar-refractivity contribution >= 4 is 33.5 Å². The van der Waals surface area contributed by atoms with Crippen LogP contribution in [0.3, 0.4) is 0 Å². The molecule has 0 aromatic heterocycles. The van der Waals surface area contributed by atoms with Gasteiger partial charge in [-0.15, -0.1) is 0 Å². The lowest BCUT2D eigenvalue weighted by atomic mass is 10.0. The van der Waals surface area contributed by atoms with Crippen molar-refractivity contribution in [2.75, 3.05) is 37.8 Å². The molecule has 0 aromatic carbocycles. The predicted octanol–water partition coefficient (Wildman–Crippen LogP) is -6.67. The fraction of sp³-hybridized carbons (Fsp3) is 0.889. The third-order valence-corrected chi connectivity index (χ3v) is 7.37. The van der Waals surface area contributed by atoms with E-state index in [4.69, 9.17) is 10.2 Å². The van der Waals surface area contributed by atoms with Crippen molar-refractivity contribution in [2.45, 2.75) is 60.9 Å². The number of carboxylic acid groups (broad SMARTS) is 2. The standard InChI is InChI=1S/C18H36N2O14S2/c21-3-11(25)15(29)13(27)9(23)1-19-7(17(31)32)5-35-36-6-8(18(33)34)20-2-10(24)14(28)16(30)12(26)4-22/h7-16,19-30H,1-6H2,(H,31,32)(H,33,34). The molecule has 36 heavy (non-hydrogen) atoms. The smallest absolute Gasteiger partial charge is 0.321 e. The molecule has 16 nitrogen and oxygen atoms in total. The average Bonchev–Trinajstić information content (AvgIpc) is 2.85. The van der Waals surface area contributed by atoms with Gasteiger partial charge in [-0.3, -0.25) is 9.59 Å². The van der Waals surface area contributed by atoms with Crippen molar-refractivity contribution in [3.8, 4) is 0 Å². The summed E-state index contributed by atoms with van der Waals surface area (Å²) in [6, 6.07) is -2.51. The van der Waals surface area contributed by atoms with Gasteiger partial charge in [0.25, 0.3) is 0 Å². The van der Waals surface area contributed by atoms with E-state index in [1.165, 1.54) is 0 Å². The van der Waals surface area contributed by atoms with Gasteiger partial charge in [-0.25, -0.2) is 0 Å². The summed E-state index contributed by atoms with van der Waals surface area (Å²) < 4.78 is 0. The highest BCUT2D eigenvalue weighted by Gasteiger charge is 2.32. The molecular formula is C18H36N2O14S2. The van der Waals surface area contributed by atoms with Crippen LogP contribution in [0.5, 0.6) is 0 Å². The number of carboxylic acids is 2. The summed E-state index contributed by atoms with van der Waals surface area (Å²) in [5.74, 6) is -2.89. The number of aliphatic hydroxyl groups excluding tert-OH is 10. The number of aliphatic hydroxyl groups is 10. The van der Waals surface area contributed by atoms with Crippen molar-refractivity contribution < 1.29 is 70.9 Å². The lowest BCUT2D eigenvalue weighted by Gasteiger charge is -2.27.